The molecule has 0 bridgehead atoms. The van der Waals surface area contributed by atoms with Crippen LogP contribution in [-0.2, 0) is 97.5 Å². The van der Waals surface area contributed by atoms with Crippen LogP contribution in [0.25, 0.3) is 10.9 Å². The maximum absolute atomic E-state index is 14.6. The number of rotatable bonds is 58. The number of unbranched alkanes of at least 4 members (excludes halogenated alkanes) is 1. The number of carboxylic acid groups (broad SMARTS) is 5. The predicted octanol–water partition coefficient (Wildman–Crippen LogP) is -7.72. The standard InChI is InChI=1S/C70H111N23O24/c1-33(2)29-49(68(116)117)93-67(115)48(31-51(74)95)92-62(110)40(14-7-8-26-71)84-56(104)34(3)82-59(107)42(16-21-50(73)94)88-61(109)41(15-10-28-80-70(77)78)87-63(111)44(18-23-53(98)99)85-57(105)35(4)83-60(108)43(17-22-52(96)97)89-64(112)46(20-25-55(102)103)90-66(114)47(30-36-32-81-39-13-6-5-11-37(36)39)91-65(113)45(19-24-54(100)101)86-58(106)38(72)12-9-27-79-69(75)76/h5-6,11,13,32-35,38,40-49,81H,7-10,12,14-31,71-72H2,1-4H3,(H2,73,94)(H2,74,95)(H,82,107)(H,83,108)(H,84,104)(H,85,105)(H,86,106)(H,87,111)(H,88,109)(H,89,112)(H,90,114)(H,91,113)(H,92,110)(H,93,115)(H,96,97)(H,98,99)(H,100,101)(H,102,103)(H,116,117)(H4,75,76,79)(H4,77,78,80)/t34-,35-,38-,40-,41-,42-,43-,44-,45-,46-,47-,48-,49-/m0/s1. The number of nitrogens with two attached hydrogens (primary N) is 6. The van der Waals surface area contributed by atoms with E-state index in [1.54, 1.807) is 38.1 Å². The summed E-state index contributed by atoms with van der Waals surface area (Å²) in [5.74, 6) is -24.5. The van der Waals surface area contributed by atoms with Crippen LogP contribution in [0.3, 0.4) is 0 Å². The number of guanidine groups is 2. The van der Waals surface area contributed by atoms with Crippen LogP contribution in [0.2, 0.25) is 0 Å². The van der Waals surface area contributed by atoms with Gasteiger partial charge in [0.15, 0.2) is 11.9 Å². The Morgan fingerprint density at radius 2 is 0.718 bits per heavy atom. The molecule has 14 amide bonds. The number of aromatic nitrogens is 1. The van der Waals surface area contributed by atoms with E-state index in [9.17, 15) is 117 Å². The van der Waals surface area contributed by atoms with E-state index in [0.717, 1.165) is 13.8 Å². The third-order valence-electron chi connectivity index (χ3n) is 17.6. The Bertz CT molecular complexity index is 3860. The van der Waals surface area contributed by atoms with Gasteiger partial charge in [0.25, 0.3) is 0 Å². The van der Waals surface area contributed by atoms with Gasteiger partial charge >= 0.3 is 29.8 Å². The molecule has 0 aliphatic rings. The summed E-state index contributed by atoms with van der Waals surface area (Å²) in [7, 11) is 0. The molecule has 0 spiro atoms. The summed E-state index contributed by atoms with van der Waals surface area (Å²) in [6.07, 6.45) is -6.97. The maximum atomic E-state index is 14.6. The number of carboxylic acids is 5. The van der Waals surface area contributed by atoms with Crippen LogP contribution in [0.4, 0.5) is 0 Å². The second kappa shape index (κ2) is 51.8. The summed E-state index contributed by atoms with van der Waals surface area (Å²) >= 11 is 0. The first-order valence-electron chi connectivity index (χ1n) is 37.4. The molecule has 13 atom stereocenters. The van der Waals surface area contributed by atoms with Crippen molar-refractivity contribution in [2.45, 2.75) is 235 Å². The quantitative estimate of drug-likeness (QED) is 0.0166. The maximum Gasteiger partial charge on any atom is 0.326 e. The number of hydrogen-bond donors (Lipinski definition) is 28. The first-order chi connectivity index (χ1) is 54.9. The molecule has 1 aromatic carbocycles. The van der Waals surface area contributed by atoms with Gasteiger partial charge in [-0.15, -0.1) is 0 Å². The number of amides is 14. The van der Waals surface area contributed by atoms with Crippen LogP contribution in [-0.4, -0.2) is 253 Å². The summed E-state index contributed by atoms with van der Waals surface area (Å²) in [5, 5.41) is 97.0. The Morgan fingerprint density at radius 3 is 1.10 bits per heavy atom. The lowest BCUT2D eigenvalue weighted by Crippen LogP contribution is -2.60. The van der Waals surface area contributed by atoms with Crippen molar-refractivity contribution in [3.8, 4) is 0 Å². The molecule has 1 aromatic heterocycles. The van der Waals surface area contributed by atoms with Crippen LogP contribution in [0.5, 0.6) is 0 Å². The molecule has 47 nitrogen and oxygen atoms in total. The van der Waals surface area contributed by atoms with E-state index >= 15 is 0 Å². The molecule has 0 aliphatic heterocycles. The van der Waals surface area contributed by atoms with E-state index in [-0.39, 0.29) is 70.0 Å². The molecule has 1 heterocycles. The summed E-state index contributed by atoms with van der Waals surface area (Å²) < 4.78 is 0. The second-order valence-electron chi connectivity index (χ2n) is 27.9. The fourth-order valence-corrected chi connectivity index (χ4v) is 11.3. The van der Waals surface area contributed by atoms with Crippen LogP contribution in [0.1, 0.15) is 155 Å². The molecule has 117 heavy (non-hydrogen) atoms. The number of primary amides is 2. The molecule has 2 rings (SSSR count). The van der Waals surface area contributed by atoms with Crippen molar-refractivity contribution >= 4 is 135 Å². The number of aromatic amines is 1. The average molecular weight is 1660 g/mol. The van der Waals surface area contributed by atoms with E-state index in [2.05, 4.69) is 79.4 Å². The Labute approximate surface area is 670 Å². The monoisotopic (exact) mass is 1660 g/mol. The molecule has 34 N–H and O–H groups in total. The van der Waals surface area contributed by atoms with Gasteiger partial charge < -0.3 is 139 Å². The minimum absolute atomic E-state index is 0.00421. The molecule has 47 heteroatoms. The number of para-hydroxylation sites is 1. The molecule has 0 aliphatic carbocycles. The number of carbonyl (C=O) groups is 19. The van der Waals surface area contributed by atoms with E-state index in [0.29, 0.717) is 22.9 Å². The summed E-state index contributed by atoms with van der Waals surface area (Å²) in [4.78, 5) is 256. The fraction of sp³-hybridized carbons (Fsp3) is 0.586. The minimum Gasteiger partial charge on any atom is -0.481 e. The number of aliphatic carboxylic acids is 5. The van der Waals surface area contributed by atoms with Gasteiger partial charge in [-0.25, -0.2) is 4.79 Å². The zero-order chi connectivity index (χ0) is 88.3. The second-order valence-corrected chi connectivity index (χ2v) is 27.9. The predicted molar refractivity (Wildman–Crippen MR) is 413 cm³/mol. The van der Waals surface area contributed by atoms with Gasteiger partial charge in [-0.05, 0) is 121 Å². The summed E-state index contributed by atoms with van der Waals surface area (Å²) in [6, 6.07) is -15.5. The molecule has 0 unspecified atom stereocenters. The van der Waals surface area contributed by atoms with Gasteiger partial charge in [0, 0.05) is 68.7 Å². The normalized spacial score (nSPS) is 14.3. The van der Waals surface area contributed by atoms with Crippen molar-refractivity contribution in [2.24, 2.45) is 40.3 Å². The van der Waals surface area contributed by atoms with Gasteiger partial charge in [-0.1, -0.05) is 32.0 Å². The number of benzene rings is 1. The molecular weight excluding hydrogens is 1550 g/mol. The minimum atomic E-state index is -1.96. The number of nitrogens with one attached hydrogen (secondary N) is 17. The van der Waals surface area contributed by atoms with Crippen LogP contribution in [0.15, 0.2) is 30.5 Å². The Hall–Kier alpha value is -12.9. The van der Waals surface area contributed by atoms with Gasteiger partial charge in [0.1, 0.15) is 72.5 Å². The van der Waals surface area contributed by atoms with Crippen LogP contribution < -0.4 is 109 Å². The smallest absolute Gasteiger partial charge is 0.326 e. The van der Waals surface area contributed by atoms with Crippen LogP contribution in [0, 0.1) is 16.7 Å². The van der Waals surface area contributed by atoms with Gasteiger partial charge in [-0.2, -0.15) is 0 Å². The lowest BCUT2D eigenvalue weighted by atomic mass is 10.0. The zero-order valence-corrected chi connectivity index (χ0v) is 65.2. The van der Waals surface area contributed by atoms with E-state index < -0.39 is 281 Å². The number of fused-ring (bicyclic) bond motifs is 1. The third-order valence-corrected chi connectivity index (χ3v) is 17.6. The molecular formula is C70H111N23O24. The molecule has 0 fully saturated rings. The molecule has 650 valence electrons. The van der Waals surface area contributed by atoms with Gasteiger partial charge in [0.05, 0.1) is 12.5 Å². The van der Waals surface area contributed by atoms with Crippen molar-refractivity contribution in [2.75, 3.05) is 19.6 Å². The van der Waals surface area contributed by atoms with Crippen molar-refractivity contribution in [3.63, 3.8) is 0 Å². The Kier molecular flexibility index (Phi) is 44.4. The Balaban J connectivity index is 2.55. The SMILES string of the molecule is CC(C)C[C@H](NC(=O)[C@H](CC(N)=O)NC(=O)[C@H](CCCCN)NC(=O)[C@H](C)NC(=O)[C@H](CCC(N)=O)NC(=O)[C@H](CCCNC(=N)N)NC(=O)[C@H](CCC(=O)O)NC(=O)[C@H](C)NC(=O)[C@H](CCC(=O)O)NC(=O)[C@H](CCC(=O)O)NC(=O)[C@H](Cc1c[nH]c2ccccc12)NC(=O)[C@H](CCC(=O)O)NC(=O)[C@@H](N)CCCNC(=N)N)C(=O)O. The average Bonchev–Trinajstić information content (AvgIpc) is 1.77. The van der Waals surface area contributed by atoms with Crippen molar-refractivity contribution in [1.29, 1.82) is 10.8 Å². The zero-order valence-electron chi connectivity index (χ0n) is 65.2. The molecule has 2 aromatic rings. The first kappa shape index (κ1) is 100. The topological polar surface area (TPSA) is 814 Å². The molecule has 0 saturated carbocycles. The van der Waals surface area contributed by atoms with E-state index in [1.807, 2.05) is 0 Å². The highest BCUT2D eigenvalue weighted by Crippen LogP contribution is 2.21. The Morgan fingerprint density at radius 1 is 0.385 bits per heavy atom. The number of hydrogen-bond acceptors (Lipinski definition) is 23. The highest BCUT2D eigenvalue weighted by molar-refractivity contribution is 6.01. The van der Waals surface area contributed by atoms with E-state index in [1.165, 1.54) is 6.20 Å². The third kappa shape index (κ3) is 39.6. The van der Waals surface area contributed by atoms with Crippen LogP contribution >= 0.6 is 0 Å². The highest BCUT2D eigenvalue weighted by atomic mass is 16.4. The van der Waals surface area contributed by atoms with Gasteiger partial charge in [0.2, 0.25) is 82.7 Å². The molecule has 0 radical (unpaired) electrons. The number of carbonyl (C=O) groups excluding carboxylic acids is 14. The largest absolute Gasteiger partial charge is 0.481 e. The van der Waals surface area contributed by atoms with Crippen molar-refractivity contribution in [1.82, 2.24) is 79.4 Å². The van der Waals surface area contributed by atoms with Crippen molar-refractivity contribution < 1.29 is 117 Å². The number of H-pyrrole nitrogens is 1. The lowest BCUT2D eigenvalue weighted by Gasteiger charge is -2.28. The van der Waals surface area contributed by atoms with Gasteiger partial charge in [-0.3, -0.25) is 97.1 Å². The van der Waals surface area contributed by atoms with E-state index in [4.69, 9.17) is 45.2 Å². The van der Waals surface area contributed by atoms with Crippen molar-refractivity contribution in [3.05, 3.63) is 36.0 Å². The summed E-state index contributed by atoms with van der Waals surface area (Å²) in [5.41, 5.74) is 34.2. The highest BCUT2D eigenvalue weighted by Gasteiger charge is 2.38. The molecule has 0 saturated heterocycles. The summed E-state index contributed by atoms with van der Waals surface area (Å²) in [6.45, 7) is 5.66. The first-order valence-corrected chi connectivity index (χ1v) is 37.4. The lowest BCUT2D eigenvalue weighted by molar-refractivity contribution is -0.143. The fourth-order valence-electron chi connectivity index (χ4n) is 11.3.